The summed E-state index contributed by atoms with van der Waals surface area (Å²) in [5.41, 5.74) is 1.37. The molecule has 0 N–H and O–H groups in total. The molecule has 3 saturated carbocycles. The molecule has 7 atom stereocenters. The van der Waals surface area contributed by atoms with Gasteiger partial charge in [-0.25, -0.2) is 0 Å². The molecule has 1 saturated heterocycles. The lowest BCUT2D eigenvalue weighted by atomic mass is 9.46. The van der Waals surface area contributed by atoms with E-state index < -0.39 is 5.60 Å². The number of fused-ring (bicyclic) bond motifs is 5. The van der Waals surface area contributed by atoms with Crippen LogP contribution in [-0.2, 0) is 18.9 Å². The van der Waals surface area contributed by atoms with Crippen LogP contribution in [0.4, 0.5) is 0 Å². The Morgan fingerprint density at radius 1 is 1.13 bits per heavy atom. The van der Waals surface area contributed by atoms with Crippen LogP contribution >= 0.6 is 0 Å². The number of hydrogen-bond acceptors (Lipinski definition) is 4. The molecular formula is C27H40O4. The van der Waals surface area contributed by atoms with E-state index in [-0.39, 0.29) is 22.9 Å². The fourth-order valence-electron chi connectivity index (χ4n) is 8.36. The van der Waals surface area contributed by atoms with Gasteiger partial charge in [0.05, 0.1) is 13.2 Å². The Bertz CT molecular complexity index is 777. The fraction of sp³-hybridized carbons (Fsp3) is 0.852. The standard InChI is InChI=1S/C27H40O4/c1-6-26(31-19(3)28-7-2)13-11-23-21-9-8-20-18-27(29-16-17-30-27)15-14-24(20,4)22(21)10-12-25(23,26)5/h1,8,19,21-23H,7,9-18H2,2-5H3/t19?,21-,22+,23+,24+,25+,26+/m1/s1. The minimum Gasteiger partial charge on any atom is -0.353 e. The average Bonchev–Trinajstić information content (AvgIpc) is 3.32. The van der Waals surface area contributed by atoms with Crippen molar-refractivity contribution in [3.8, 4) is 12.3 Å². The van der Waals surface area contributed by atoms with Crippen molar-refractivity contribution in [2.24, 2.45) is 28.6 Å². The number of allylic oxidation sites excluding steroid dienone is 1. The van der Waals surface area contributed by atoms with Crippen molar-refractivity contribution in [2.75, 3.05) is 19.8 Å². The van der Waals surface area contributed by atoms with Crippen molar-refractivity contribution in [3.63, 3.8) is 0 Å². The summed E-state index contributed by atoms with van der Waals surface area (Å²) >= 11 is 0. The van der Waals surface area contributed by atoms with E-state index in [1.807, 2.05) is 13.8 Å². The normalized spacial score (nSPS) is 46.5. The fourth-order valence-corrected chi connectivity index (χ4v) is 8.36. The first-order valence-electron chi connectivity index (χ1n) is 12.6. The molecule has 1 heterocycles. The predicted octanol–water partition coefficient (Wildman–Crippen LogP) is 5.46. The Morgan fingerprint density at radius 2 is 1.87 bits per heavy atom. The summed E-state index contributed by atoms with van der Waals surface area (Å²) in [5.74, 6) is 4.84. The van der Waals surface area contributed by atoms with Gasteiger partial charge in [-0.15, -0.1) is 6.42 Å². The van der Waals surface area contributed by atoms with Crippen LogP contribution in [0.25, 0.3) is 0 Å². The molecular weight excluding hydrogens is 388 g/mol. The van der Waals surface area contributed by atoms with Gasteiger partial charge in [-0.05, 0) is 75.5 Å². The van der Waals surface area contributed by atoms with Gasteiger partial charge in [0.25, 0.3) is 0 Å². The summed E-state index contributed by atoms with van der Waals surface area (Å²) in [6, 6.07) is 0. The SMILES string of the molecule is C#C[C@]1(OC(C)OCC)CC[C@H]2[C@@H]3CC=C4CC5(CC[C@]4(C)[C@H]3CC[C@@]21C)OCCO5. The van der Waals surface area contributed by atoms with Gasteiger partial charge < -0.3 is 18.9 Å². The van der Waals surface area contributed by atoms with E-state index in [0.717, 1.165) is 57.7 Å². The van der Waals surface area contributed by atoms with Crippen LogP contribution in [0.3, 0.4) is 0 Å². The van der Waals surface area contributed by atoms with Crippen molar-refractivity contribution in [2.45, 2.75) is 96.7 Å². The molecule has 0 radical (unpaired) electrons. The minimum absolute atomic E-state index is 0.0174. The molecule has 0 aromatic heterocycles. The summed E-state index contributed by atoms with van der Waals surface area (Å²) in [6.07, 6.45) is 17.3. The van der Waals surface area contributed by atoms with E-state index in [1.165, 1.54) is 12.8 Å². The quantitative estimate of drug-likeness (QED) is 0.338. The molecule has 0 aromatic rings. The Labute approximate surface area is 188 Å². The lowest BCUT2D eigenvalue weighted by Gasteiger charge is -2.59. The summed E-state index contributed by atoms with van der Waals surface area (Å²) in [4.78, 5) is 0. The molecule has 4 aliphatic carbocycles. The molecule has 1 spiro atoms. The maximum atomic E-state index is 6.53. The van der Waals surface area contributed by atoms with Crippen LogP contribution in [0.15, 0.2) is 11.6 Å². The zero-order valence-electron chi connectivity index (χ0n) is 19.9. The molecule has 4 nitrogen and oxygen atoms in total. The second-order valence-electron chi connectivity index (χ2n) is 11.2. The monoisotopic (exact) mass is 428 g/mol. The molecule has 4 heteroatoms. The summed E-state index contributed by atoms with van der Waals surface area (Å²) in [6.45, 7) is 11.1. The van der Waals surface area contributed by atoms with Crippen molar-refractivity contribution < 1.29 is 18.9 Å². The Morgan fingerprint density at radius 3 is 2.58 bits per heavy atom. The molecule has 0 amide bonds. The highest BCUT2D eigenvalue weighted by molar-refractivity contribution is 5.30. The topological polar surface area (TPSA) is 36.9 Å². The molecule has 172 valence electrons. The predicted molar refractivity (Wildman–Crippen MR) is 120 cm³/mol. The smallest absolute Gasteiger partial charge is 0.172 e. The lowest BCUT2D eigenvalue weighted by molar-refractivity contribution is -0.223. The molecule has 0 bridgehead atoms. The first kappa shape index (κ1) is 22.0. The lowest BCUT2D eigenvalue weighted by Crippen LogP contribution is -2.56. The number of hydrogen-bond donors (Lipinski definition) is 0. The maximum absolute atomic E-state index is 6.53. The third-order valence-corrected chi connectivity index (χ3v) is 10.0. The van der Waals surface area contributed by atoms with E-state index in [0.29, 0.717) is 18.4 Å². The highest BCUT2D eigenvalue weighted by atomic mass is 16.7. The van der Waals surface area contributed by atoms with Gasteiger partial charge in [-0.1, -0.05) is 31.4 Å². The summed E-state index contributed by atoms with van der Waals surface area (Å²) in [5, 5.41) is 0. The summed E-state index contributed by atoms with van der Waals surface area (Å²) in [7, 11) is 0. The van der Waals surface area contributed by atoms with Gasteiger partial charge in [0, 0.05) is 24.9 Å². The van der Waals surface area contributed by atoms with Crippen molar-refractivity contribution in [3.05, 3.63) is 11.6 Å². The van der Waals surface area contributed by atoms with E-state index in [9.17, 15) is 0 Å². The molecule has 1 unspecified atom stereocenters. The van der Waals surface area contributed by atoms with Crippen LogP contribution < -0.4 is 0 Å². The molecule has 1 aliphatic heterocycles. The van der Waals surface area contributed by atoms with E-state index in [4.69, 9.17) is 25.4 Å². The molecule has 0 aromatic carbocycles. The number of terminal acetylenes is 1. The van der Waals surface area contributed by atoms with Gasteiger partial charge in [0.1, 0.15) is 5.60 Å². The van der Waals surface area contributed by atoms with E-state index in [2.05, 4.69) is 25.8 Å². The Hall–Kier alpha value is -0.860. The van der Waals surface area contributed by atoms with E-state index >= 15 is 0 Å². The number of rotatable bonds is 4. The van der Waals surface area contributed by atoms with Gasteiger partial charge in [-0.2, -0.15) is 0 Å². The van der Waals surface area contributed by atoms with Crippen LogP contribution in [0.5, 0.6) is 0 Å². The maximum Gasteiger partial charge on any atom is 0.172 e. The van der Waals surface area contributed by atoms with Gasteiger partial charge in [0.2, 0.25) is 0 Å². The van der Waals surface area contributed by atoms with Crippen LogP contribution in [0, 0.1) is 40.9 Å². The zero-order valence-corrected chi connectivity index (χ0v) is 19.9. The third-order valence-electron chi connectivity index (χ3n) is 10.0. The van der Waals surface area contributed by atoms with Crippen molar-refractivity contribution in [1.29, 1.82) is 0 Å². The second-order valence-corrected chi connectivity index (χ2v) is 11.2. The van der Waals surface area contributed by atoms with Crippen LogP contribution in [-0.4, -0.2) is 37.5 Å². The van der Waals surface area contributed by atoms with Crippen LogP contribution in [0.1, 0.15) is 79.1 Å². The highest BCUT2D eigenvalue weighted by Gasteiger charge is 2.65. The van der Waals surface area contributed by atoms with Gasteiger partial charge in [0.15, 0.2) is 12.1 Å². The molecule has 5 rings (SSSR count). The largest absolute Gasteiger partial charge is 0.353 e. The Kier molecular flexibility index (Phi) is 5.38. The minimum atomic E-state index is -0.510. The van der Waals surface area contributed by atoms with Crippen molar-refractivity contribution >= 4 is 0 Å². The molecule has 4 fully saturated rings. The first-order valence-corrected chi connectivity index (χ1v) is 12.6. The summed E-state index contributed by atoms with van der Waals surface area (Å²) < 4.78 is 24.4. The molecule has 5 aliphatic rings. The van der Waals surface area contributed by atoms with Gasteiger partial charge in [-0.3, -0.25) is 0 Å². The van der Waals surface area contributed by atoms with Crippen LogP contribution in [0.2, 0.25) is 0 Å². The Balaban J connectivity index is 1.41. The highest BCUT2D eigenvalue weighted by Crippen LogP contribution is 2.68. The van der Waals surface area contributed by atoms with E-state index in [1.54, 1.807) is 5.57 Å². The van der Waals surface area contributed by atoms with Gasteiger partial charge >= 0.3 is 0 Å². The number of ether oxygens (including phenoxy) is 4. The third kappa shape index (κ3) is 3.11. The average molecular weight is 429 g/mol. The zero-order chi connectivity index (χ0) is 21.9. The first-order chi connectivity index (χ1) is 14.8. The molecule has 31 heavy (non-hydrogen) atoms. The van der Waals surface area contributed by atoms with Crippen molar-refractivity contribution in [1.82, 2.24) is 0 Å². The second kappa shape index (κ2) is 7.59.